The van der Waals surface area contributed by atoms with Crippen LogP contribution in [0.5, 0.6) is 0 Å². The molecule has 0 aliphatic carbocycles. The predicted octanol–water partition coefficient (Wildman–Crippen LogP) is 2.00. The minimum atomic E-state index is -0.217. The summed E-state index contributed by atoms with van der Waals surface area (Å²) in [6.45, 7) is 4.95. The number of carbonyl (C=O) groups is 1. The predicted molar refractivity (Wildman–Crippen MR) is 66.1 cm³/mol. The first-order valence-electron chi connectivity index (χ1n) is 5.89. The zero-order chi connectivity index (χ0) is 12.7. The topological polar surface area (TPSA) is 41.1 Å². The SMILES string of the molecule is CCNC(=O)CCNC(C)c1ccccc1F. The highest BCUT2D eigenvalue weighted by atomic mass is 19.1. The fraction of sp³-hybridized carbons (Fsp3) is 0.462. The molecule has 1 aromatic carbocycles. The molecule has 0 fully saturated rings. The van der Waals surface area contributed by atoms with Crippen molar-refractivity contribution in [1.82, 2.24) is 10.6 Å². The Balaban J connectivity index is 2.38. The van der Waals surface area contributed by atoms with Gasteiger partial charge in [0, 0.05) is 31.1 Å². The standard InChI is InChI=1S/C13H19FN2O/c1-3-15-13(17)8-9-16-10(2)11-6-4-5-7-12(11)14/h4-7,10,16H,3,8-9H2,1-2H3,(H,15,17). The van der Waals surface area contributed by atoms with Crippen molar-refractivity contribution in [3.8, 4) is 0 Å². The van der Waals surface area contributed by atoms with Gasteiger partial charge in [-0.1, -0.05) is 18.2 Å². The molecule has 0 aliphatic heterocycles. The molecule has 0 spiro atoms. The van der Waals surface area contributed by atoms with E-state index in [-0.39, 0.29) is 17.8 Å². The summed E-state index contributed by atoms with van der Waals surface area (Å²) in [6, 6.07) is 6.57. The molecular weight excluding hydrogens is 219 g/mol. The second kappa shape index (κ2) is 7.01. The number of nitrogens with one attached hydrogen (secondary N) is 2. The lowest BCUT2D eigenvalue weighted by molar-refractivity contribution is -0.120. The van der Waals surface area contributed by atoms with E-state index in [9.17, 15) is 9.18 Å². The van der Waals surface area contributed by atoms with Crippen LogP contribution in [0, 0.1) is 5.82 Å². The molecule has 1 atom stereocenters. The molecular formula is C13H19FN2O. The summed E-state index contributed by atoms with van der Waals surface area (Å²) in [5, 5.41) is 5.85. The van der Waals surface area contributed by atoms with Crippen molar-refractivity contribution in [2.24, 2.45) is 0 Å². The van der Waals surface area contributed by atoms with Crippen molar-refractivity contribution in [2.75, 3.05) is 13.1 Å². The van der Waals surface area contributed by atoms with Crippen LogP contribution in [0.15, 0.2) is 24.3 Å². The summed E-state index contributed by atoms with van der Waals surface area (Å²) in [5.74, 6) is -0.203. The van der Waals surface area contributed by atoms with Crippen LogP contribution in [0.1, 0.15) is 31.9 Å². The maximum atomic E-state index is 13.4. The number of carbonyl (C=O) groups excluding carboxylic acids is 1. The maximum Gasteiger partial charge on any atom is 0.221 e. The molecule has 3 nitrogen and oxygen atoms in total. The number of hydrogen-bond acceptors (Lipinski definition) is 2. The quantitative estimate of drug-likeness (QED) is 0.796. The normalized spacial score (nSPS) is 12.2. The fourth-order valence-electron chi connectivity index (χ4n) is 1.62. The minimum absolute atomic E-state index is 0.0146. The van der Waals surface area contributed by atoms with Gasteiger partial charge in [0.05, 0.1) is 0 Å². The van der Waals surface area contributed by atoms with Crippen LogP contribution >= 0.6 is 0 Å². The lowest BCUT2D eigenvalue weighted by atomic mass is 10.1. The molecule has 1 amide bonds. The highest BCUT2D eigenvalue weighted by Gasteiger charge is 2.09. The molecule has 0 aliphatic rings. The second-order valence-electron chi connectivity index (χ2n) is 3.90. The molecule has 0 saturated heterocycles. The second-order valence-corrected chi connectivity index (χ2v) is 3.90. The third-order valence-electron chi connectivity index (χ3n) is 2.55. The first-order chi connectivity index (χ1) is 8.15. The first kappa shape index (κ1) is 13.6. The van der Waals surface area contributed by atoms with Gasteiger partial charge in [-0.05, 0) is 19.9 Å². The molecule has 17 heavy (non-hydrogen) atoms. The van der Waals surface area contributed by atoms with E-state index in [1.165, 1.54) is 6.07 Å². The molecule has 1 unspecified atom stereocenters. The number of amides is 1. The van der Waals surface area contributed by atoms with E-state index >= 15 is 0 Å². The van der Waals surface area contributed by atoms with Gasteiger partial charge in [0.25, 0.3) is 0 Å². The van der Waals surface area contributed by atoms with Crippen molar-refractivity contribution in [3.63, 3.8) is 0 Å². The van der Waals surface area contributed by atoms with Crippen LogP contribution in [0.4, 0.5) is 4.39 Å². The van der Waals surface area contributed by atoms with Gasteiger partial charge in [-0.2, -0.15) is 0 Å². The Hall–Kier alpha value is -1.42. The Labute approximate surface area is 101 Å². The average molecular weight is 238 g/mol. The van der Waals surface area contributed by atoms with Crippen molar-refractivity contribution >= 4 is 5.91 Å². The largest absolute Gasteiger partial charge is 0.356 e. The van der Waals surface area contributed by atoms with E-state index in [0.717, 1.165) is 0 Å². The van der Waals surface area contributed by atoms with Gasteiger partial charge >= 0.3 is 0 Å². The van der Waals surface area contributed by atoms with E-state index in [0.29, 0.717) is 25.1 Å². The lowest BCUT2D eigenvalue weighted by Crippen LogP contribution is -2.28. The van der Waals surface area contributed by atoms with Gasteiger partial charge in [-0.15, -0.1) is 0 Å². The van der Waals surface area contributed by atoms with Gasteiger partial charge in [0.15, 0.2) is 0 Å². The van der Waals surface area contributed by atoms with E-state index in [2.05, 4.69) is 10.6 Å². The summed E-state index contributed by atoms with van der Waals surface area (Å²) >= 11 is 0. The highest BCUT2D eigenvalue weighted by Crippen LogP contribution is 2.15. The van der Waals surface area contributed by atoms with Crippen molar-refractivity contribution in [2.45, 2.75) is 26.3 Å². The Bertz CT molecular complexity index is 368. The smallest absolute Gasteiger partial charge is 0.221 e. The number of halogens is 1. The Morgan fingerprint density at radius 3 is 2.76 bits per heavy atom. The van der Waals surface area contributed by atoms with Crippen LogP contribution in [-0.4, -0.2) is 19.0 Å². The molecule has 94 valence electrons. The van der Waals surface area contributed by atoms with E-state index in [4.69, 9.17) is 0 Å². The summed E-state index contributed by atoms with van der Waals surface area (Å²) in [4.78, 5) is 11.2. The molecule has 0 aromatic heterocycles. The van der Waals surface area contributed by atoms with Gasteiger partial charge in [0.2, 0.25) is 5.91 Å². The van der Waals surface area contributed by atoms with Gasteiger partial charge in [-0.25, -0.2) is 4.39 Å². The van der Waals surface area contributed by atoms with Crippen LogP contribution in [0.25, 0.3) is 0 Å². The summed E-state index contributed by atoms with van der Waals surface area (Å²) in [6.07, 6.45) is 0.409. The Morgan fingerprint density at radius 2 is 2.12 bits per heavy atom. The molecule has 1 aromatic rings. The van der Waals surface area contributed by atoms with Crippen LogP contribution in [0.3, 0.4) is 0 Å². The van der Waals surface area contributed by atoms with Gasteiger partial charge in [-0.3, -0.25) is 4.79 Å². The average Bonchev–Trinajstić information content (AvgIpc) is 2.29. The first-order valence-corrected chi connectivity index (χ1v) is 5.89. The number of hydrogen-bond donors (Lipinski definition) is 2. The van der Waals surface area contributed by atoms with Crippen molar-refractivity contribution in [1.29, 1.82) is 0 Å². The lowest BCUT2D eigenvalue weighted by Gasteiger charge is -2.14. The maximum absolute atomic E-state index is 13.4. The van der Waals surface area contributed by atoms with Gasteiger partial charge < -0.3 is 10.6 Å². The molecule has 0 heterocycles. The van der Waals surface area contributed by atoms with E-state index < -0.39 is 0 Å². The molecule has 2 N–H and O–H groups in total. The zero-order valence-electron chi connectivity index (χ0n) is 10.3. The van der Waals surface area contributed by atoms with E-state index in [1.54, 1.807) is 18.2 Å². The number of benzene rings is 1. The van der Waals surface area contributed by atoms with Crippen LogP contribution < -0.4 is 10.6 Å². The third kappa shape index (κ3) is 4.53. The third-order valence-corrected chi connectivity index (χ3v) is 2.55. The van der Waals surface area contributed by atoms with Crippen LogP contribution in [0.2, 0.25) is 0 Å². The monoisotopic (exact) mass is 238 g/mol. The van der Waals surface area contributed by atoms with Gasteiger partial charge in [0.1, 0.15) is 5.82 Å². The minimum Gasteiger partial charge on any atom is -0.356 e. The molecule has 0 bridgehead atoms. The van der Waals surface area contributed by atoms with E-state index in [1.807, 2.05) is 13.8 Å². The Kier molecular flexibility index (Phi) is 5.63. The zero-order valence-corrected chi connectivity index (χ0v) is 10.3. The Morgan fingerprint density at radius 1 is 1.41 bits per heavy atom. The molecule has 1 rings (SSSR count). The fourth-order valence-corrected chi connectivity index (χ4v) is 1.62. The molecule has 0 saturated carbocycles. The summed E-state index contributed by atoms with van der Waals surface area (Å²) in [5.41, 5.74) is 0.628. The highest BCUT2D eigenvalue weighted by molar-refractivity contribution is 5.75. The van der Waals surface area contributed by atoms with Crippen molar-refractivity contribution in [3.05, 3.63) is 35.6 Å². The summed E-state index contributed by atoms with van der Waals surface area (Å²) in [7, 11) is 0. The van der Waals surface area contributed by atoms with Crippen molar-refractivity contribution < 1.29 is 9.18 Å². The van der Waals surface area contributed by atoms with Crippen LogP contribution in [-0.2, 0) is 4.79 Å². The molecule has 0 radical (unpaired) electrons. The molecule has 4 heteroatoms. The summed E-state index contributed by atoms with van der Waals surface area (Å²) < 4.78 is 13.4. The number of rotatable bonds is 6.